The quantitative estimate of drug-likeness (QED) is 0.753. The van der Waals surface area contributed by atoms with E-state index in [0.29, 0.717) is 35.3 Å². The van der Waals surface area contributed by atoms with E-state index < -0.39 is 0 Å². The molecule has 0 bridgehead atoms. The van der Waals surface area contributed by atoms with Crippen molar-refractivity contribution in [1.29, 1.82) is 0 Å². The highest BCUT2D eigenvalue weighted by molar-refractivity contribution is 6.32. The fourth-order valence-electron chi connectivity index (χ4n) is 2.82. The smallest absolute Gasteiger partial charge is 0.244 e. The number of fused-ring (bicyclic) bond motifs is 1. The summed E-state index contributed by atoms with van der Waals surface area (Å²) in [5, 5.41) is 5.81. The Balaban J connectivity index is 1.55. The van der Waals surface area contributed by atoms with Gasteiger partial charge in [0.2, 0.25) is 11.8 Å². The Morgan fingerprint density at radius 2 is 1.86 bits per heavy atom. The number of halogens is 1. The van der Waals surface area contributed by atoms with Gasteiger partial charge in [0.1, 0.15) is 13.2 Å². The van der Waals surface area contributed by atoms with Crippen molar-refractivity contribution < 1.29 is 19.1 Å². The van der Waals surface area contributed by atoms with Gasteiger partial charge in [0, 0.05) is 11.8 Å². The molecular weight excluding hydrogens is 380 g/mol. The zero-order chi connectivity index (χ0) is 20.1. The highest BCUT2D eigenvalue weighted by Crippen LogP contribution is 2.38. The number of hydrogen-bond acceptors (Lipinski definition) is 4. The Morgan fingerprint density at radius 1 is 1.14 bits per heavy atom. The number of hydrogen-bond donors (Lipinski definition) is 2. The van der Waals surface area contributed by atoms with Crippen molar-refractivity contribution in [3.05, 3.63) is 58.1 Å². The van der Waals surface area contributed by atoms with Crippen LogP contribution in [0.25, 0.3) is 6.08 Å². The Kier molecular flexibility index (Phi) is 6.21. The fraction of sp³-hybridized carbons (Fsp3) is 0.238. The van der Waals surface area contributed by atoms with Crippen LogP contribution in [0.3, 0.4) is 0 Å². The molecule has 0 spiro atoms. The number of ether oxygens (including phenoxy) is 2. The molecule has 0 aromatic heterocycles. The minimum Gasteiger partial charge on any atom is -0.486 e. The number of carbonyl (C=O) groups is 2. The first-order chi connectivity index (χ1) is 13.4. The van der Waals surface area contributed by atoms with Crippen LogP contribution in [0.1, 0.15) is 16.7 Å². The zero-order valence-electron chi connectivity index (χ0n) is 15.7. The second-order valence-corrected chi connectivity index (χ2v) is 6.80. The summed E-state index contributed by atoms with van der Waals surface area (Å²) in [6, 6.07) is 9.20. The molecule has 1 heterocycles. The van der Waals surface area contributed by atoms with Crippen LogP contribution in [-0.4, -0.2) is 31.6 Å². The summed E-state index contributed by atoms with van der Waals surface area (Å²) in [4.78, 5) is 24.1. The molecule has 3 rings (SSSR count). The van der Waals surface area contributed by atoms with E-state index in [-0.39, 0.29) is 18.4 Å². The Hall–Kier alpha value is -2.99. The average Bonchev–Trinajstić information content (AvgIpc) is 2.68. The third-order valence-corrected chi connectivity index (χ3v) is 4.50. The van der Waals surface area contributed by atoms with Crippen LogP contribution < -0.4 is 20.1 Å². The minimum atomic E-state index is -0.386. The van der Waals surface area contributed by atoms with Crippen molar-refractivity contribution in [2.45, 2.75) is 13.8 Å². The van der Waals surface area contributed by atoms with E-state index in [1.54, 1.807) is 18.2 Å². The summed E-state index contributed by atoms with van der Waals surface area (Å²) in [7, 11) is 0. The number of nitrogens with one attached hydrogen (secondary N) is 2. The van der Waals surface area contributed by atoms with Crippen LogP contribution in [0.15, 0.2) is 36.4 Å². The fourth-order valence-corrected chi connectivity index (χ4v) is 3.09. The van der Waals surface area contributed by atoms with Crippen molar-refractivity contribution in [1.82, 2.24) is 5.32 Å². The molecule has 1 aliphatic rings. The van der Waals surface area contributed by atoms with Crippen LogP contribution in [0.2, 0.25) is 5.02 Å². The summed E-state index contributed by atoms with van der Waals surface area (Å²) in [6.45, 7) is 4.62. The standard InChI is InChI=1S/C21H21ClN2O4/c1-13-4-3-5-14(2)20(13)24-19(26)12-23-18(25)7-6-15-10-16(22)21-17(11-15)27-8-9-28-21/h3-7,10-11H,8-9,12H2,1-2H3,(H,23,25)(H,24,26)/b7-6+. The monoisotopic (exact) mass is 400 g/mol. The van der Waals surface area contributed by atoms with Gasteiger partial charge in [-0.2, -0.15) is 0 Å². The Labute approximate surface area is 168 Å². The molecule has 0 atom stereocenters. The van der Waals surface area contributed by atoms with Gasteiger partial charge in [0.15, 0.2) is 11.5 Å². The van der Waals surface area contributed by atoms with E-state index in [0.717, 1.165) is 16.8 Å². The van der Waals surface area contributed by atoms with Crippen molar-refractivity contribution in [2.24, 2.45) is 0 Å². The van der Waals surface area contributed by atoms with E-state index in [1.165, 1.54) is 6.08 Å². The highest BCUT2D eigenvalue weighted by atomic mass is 35.5. The molecule has 2 aromatic rings. The Morgan fingerprint density at radius 3 is 2.61 bits per heavy atom. The molecule has 6 nitrogen and oxygen atoms in total. The first-order valence-electron chi connectivity index (χ1n) is 8.85. The van der Waals surface area contributed by atoms with Gasteiger partial charge in [-0.25, -0.2) is 0 Å². The lowest BCUT2D eigenvalue weighted by Gasteiger charge is -2.19. The first-order valence-corrected chi connectivity index (χ1v) is 9.23. The summed E-state index contributed by atoms with van der Waals surface area (Å²) in [6.07, 6.45) is 2.94. The van der Waals surface area contributed by atoms with Gasteiger partial charge < -0.3 is 20.1 Å². The van der Waals surface area contributed by atoms with Crippen LogP contribution in [0.4, 0.5) is 5.69 Å². The lowest BCUT2D eigenvalue weighted by molar-refractivity contribution is -0.121. The van der Waals surface area contributed by atoms with E-state index in [1.807, 2.05) is 32.0 Å². The van der Waals surface area contributed by atoms with Crippen LogP contribution in [0, 0.1) is 13.8 Å². The molecular formula is C21H21ClN2O4. The van der Waals surface area contributed by atoms with Gasteiger partial charge in [-0.3, -0.25) is 9.59 Å². The van der Waals surface area contributed by atoms with E-state index in [9.17, 15) is 9.59 Å². The maximum atomic E-state index is 12.1. The normalized spacial score (nSPS) is 12.7. The van der Waals surface area contributed by atoms with E-state index in [4.69, 9.17) is 21.1 Å². The molecule has 0 saturated carbocycles. The third kappa shape index (κ3) is 4.84. The largest absolute Gasteiger partial charge is 0.486 e. The molecule has 146 valence electrons. The van der Waals surface area contributed by atoms with Gasteiger partial charge in [0.25, 0.3) is 0 Å². The maximum Gasteiger partial charge on any atom is 0.244 e. The Bertz CT molecular complexity index is 920. The van der Waals surface area contributed by atoms with Crippen LogP contribution in [-0.2, 0) is 9.59 Å². The number of amides is 2. The third-order valence-electron chi connectivity index (χ3n) is 4.22. The van der Waals surface area contributed by atoms with Crippen molar-refractivity contribution in [3.63, 3.8) is 0 Å². The van der Waals surface area contributed by atoms with Crippen molar-refractivity contribution in [3.8, 4) is 11.5 Å². The van der Waals surface area contributed by atoms with Gasteiger partial charge in [-0.05, 0) is 48.7 Å². The molecule has 7 heteroatoms. The average molecular weight is 401 g/mol. The lowest BCUT2D eigenvalue weighted by Crippen LogP contribution is -2.32. The molecule has 0 saturated heterocycles. The van der Waals surface area contributed by atoms with E-state index >= 15 is 0 Å². The molecule has 0 unspecified atom stereocenters. The van der Waals surface area contributed by atoms with Gasteiger partial charge in [-0.15, -0.1) is 0 Å². The molecule has 1 aliphatic heterocycles. The highest BCUT2D eigenvalue weighted by Gasteiger charge is 2.16. The zero-order valence-corrected chi connectivity index (χ0v) is 16.4. The second kappa shape index (κ2) is 8.80. The number of rotatable bonds is 5. The SMILES string of the molecule is Cc1cccc(C)c1NC(=O)CNC(=O)/C=C/c1cc(Cl)c2c(c1)OCCO2. The van der Waals surface area contributed by atoms with Crippen LogP contribution in [0.5, 0.6) is 11.5 Å². The number of aryl methyl sites for hydroxylation is 2. The van der Waals surface area contributed by atoms with E-state index in [2.05, 4.69) is 10.6 Å². The van der Waals surface area contributed by atoms with Crippen LogP contribution >= 0.6 is 11.6 Å². The second-order valence-electron chi connectivity index (χ2n) is 6.39. The molecule has 2 N–H and O–H groups in total. The number of carbonyl (C=O) groups excluding carboxylic acids is 2. The summed E-state index contributed by atoms with van der Waals surface area (Å²) in [5.41, 5.74) is 3.40. The number of para-hydroxylation sites is 1. The minimum absolute atomic E-state index is 0.126. The van der Waals surface area contributed by atoms with Crippen molar-refractivity contribution >= 4 is 35.2 Å². The molecule has 2 amide bonds. The molecule has 0 aliphatic carbocycles. The molecule has 0 radical (unpaired) electrons. The number of benzene rings is 2. The predicted molar refractivity (Wildman–Crippen MR) is 109 cm³/mol. The maximum absolute atomic E-state index is 12.1. The predicted octanol–water partition coefficient (Wildman–Crippen LogP) is 3.50. The molecule has 2 aromatic carbocycles. The van der Waals surface area contributed by atoms with Gasteiger partial charge in [0.05, 0.1) is 11.6 Å². The van der Waals surface area contributed by atoms with Gasteiger partial charge in [-0.1, -0.05) is 29.8 Å². The first kappa shape index (κ1) is 19.8. The topological polar surface area (TPSA) is 76.7 Å². The summed E-state index contributed by atoms with van der Waals surface area (Å²) < 4.78 is 11.0. The molecule has 0 fully saturated rings. The summed E-state index contributed by atoms with van der Waals surface area (Å²) >= 11 is 6.18. The molecule has 28 heavy (non-hydrogen) atoms. The number of anilines is 1. The lowest BCUT2D eigenvalue weighted by atomic mass is 10.1. The van der Waals surface area contributed by atoms with Crippen molar-refractivity contribution in [2.75, 3.05) is 25.1 Å². The summed E-state index contributed by atoms with van der Waals surface area (Å²) in [5.74, 6) is 0.383. The van der Waals surface area contributed by atoms with Gasteiger partial charge >= 0.3 is 0 Å².